The fourth-order valence-electron chi connectivity index (χ4n) is 2.25. The third-order valence-electron chi connectivity index (χ3n) is 3.70. The number of halogens is 1. The summed E-state index contributed by atoms with van der Waals surface area (Å²) in [6, 6.07) is 15.1. The highest BCUT2D eigenvalue weighted by Crippen LogP contribution is 2.23. The number of amides is 1. The van der Waals surface area contributed by atoms with Gasteiger partial charge in [0.2, 0.25) is 5.91 Å². The van der Waals surface area contributed by atoms with Gasteiger partial charge in [-0.15, -0.1) is 5.10 Å². The smallest absolute Gasteiger partial charge is 0.242 e. The molecular formula is C18H18ClN5O2. The van der Waals surface area contributed by atoms with Crippen LogP contribution in [0.5, 0.6) is 5.75 Å². The van der Waals surface area contributed by atoms with Gasteiger partial charge in [-0.1, -0.05) is 53.6 Å². The normalized spacial score (nSPS) is 10.5. The molecule has 26 heavy (non-hydrogen) atoms. The molecule has 0 saturated heterocycles. The highest BCUT2D eigenvalue weighted by molar-refractivity contribution is 6.32. The second-order valence-corrected chi connectivity index (χ2v) is 6.14. The number of rotatable bonds is 7. The number of para-hydroxylation sites is 1. The molecule has 0 aliphatic carbocycles. The summed E-state index contributed by atoms with van der Waals surface area (Å²) in [6.07, 6.45) is 0. The highest BCUT2D eigenvalue weighted by Gasteiger charge is 2.12. The van der Waals surface area contributed by atoms with Crippen LogP contribution < -0.4 is 10.1 Å². The second-order valence-electron chi connectivity index (χ2n) is 5.73. The van der Waals surface area contributed by atoms with E-state index in [0.717, 1.165) is 5.56 Å². The molecule has 0 atom stereocenters. The molecule has 0 unspecified atom stereocenters. The number of tetrazole rings is 1. The highest BCUT2D eigenvalue weighted by atomic mass is 35.5. The standard InChI is InChI=1S/C18H18ClN5O2/c1-13-6-8-14(9-7-13)10-20-18(25)11-24-17(21-22-23-24)12-26-16-5-3-2-4-15(16)19/h2-9H,10-12H2,1H3,(H,20,25). The molecule has 3 rings (SSSR count). The lowest BCUT2D eigenvalue weighted by Gasteiger charge is -2.09. The van der Waals surface area contributed by atoms with Crippen LogP contribution in [0.2, 0.25) is 5.02 Å². The topological polar surface area (TPSA) is 81.9 Å². The van der Waals surface area contributed by atoms with E-state index in [9.17, 15) is 4.79 Å². The van der Waals surface area contributed by atoms with Gasteiger partial charge >= 0.3 is 0 Å². The third kappa shape index (κ3) is 4.80. The molecule has 0 saturated carbocycles. The van der Waals surface area contributed by atoms with E-state index in [1.807, 2.05) is 43.3 Å². The number of carbonyl (C=O) groups is 1. The Morgan fingerprint density at radius 1 is 1.19 bits per heavy atom. The zero-order valence-electron chi connectivity index (χ0n) is 14.2. The number of hydrogen-bond donors (Lipinski definition) is 1. The van der Waals surface area contributed by atoms with E-state index in [1.54, 1.807) is 12.1 Å². The van der Waals surface area contributed by atoms with Gasteiger partial charge in [0.1, 0.15) is 18.9 Å². The summed E-state index contributed by atoms with van der Waals surface area (Å²) in [4.78, 5) is 12.1. The lowest BCUT2D eigenvalue weighted by molar-refractivity contribution is -0.122. The Hall–Kier alpha value is -2.93. The Labute approximate surface area is 155 Å². The van der Waals surface area contributed by atoms with Crippen LogP contribution in [0.4, 0.5) is 0 Å². The van der Waals surface area contributed by atoms with E-state index < -0.39 is 0 Å². The van der Waals surface area contributed by atoms with E-state index >= 15 is 0 Å². The Balaban J connectivity index is 1.53. The Morgan fingerprint density at radius 2 is 1.96 bits per heavy atom. The van der Waals surface area contributed by atoms with Gasteiger partial charge < -0.3 is 10.1 Å². The maximum absolute atomic E-state index is 12.1. The van der Waals surface area contributed by atoms with Crippen molar-refractivity contribution in [3.63, 3.8) is 0 Å². The summed E-state index contributed by atoms with van der Waals surface area (Å²) in [6.45, 7) is 2.60. The van der Waals surface area contributed by atoms with E-state index in [-0.39, 0.29) is 19.1 Å². The minimum absolute atomic E-state index is 0.0140. The molecule has 2 aromatic carbocycles. The fraction of sp³-hybridized carbons (Fsp3) is 0.222. The number of nitrogens with one attached hydrogen (secondary N) is 1. The van der Waals surface area contributed by atoms with Crippen LogP contribution in [0.25, 0.3) is 0 Å². The molecule has 1 heterocycles. The van der Waals surface area contributed by atoms with Crippen molar-refractivity contribution in [2.24, 2.45) is 0 Å². The van der Waals surface area contributed by atoms with Crippen molar-refractivity contribution >= 4 is 17.5 Å². The Bertz CT molecular complexity index is 879. The fourth-order valence-corrected chi connectivity index (χ4v) is 2.44. The van der Waals surface area contributed by atoms with Gasteiger partial charge in [-0.05, 0) is 35.0 Å². The number of aryl methyl sites for hydroxylation is 1. The lowest BCUT2D eigenvalue weighted by atomic mass is 10.1. The van der Waals surface area contributed by atoms with Crippen LogP contribution in [0.1, 0.15) is 17.0 Å². The molecule has 0 aliphatic rings. The van der Waals surface area contributed by atoms with Gasteiger partial charge in [0.05, 0.1) is 5.02 Å². The van der Waals surface area contributed by atoms with Gasteiger partial charge in [0, 0.05) is 6.54 Å². The number of hydrogen-bond acceptors (Lipinski definition) is 5. The van der Waals surface area contributed by atoms with Crippen LogP contribution >= 0.6 is 11.6 Å². The molecule has 0 spiro atoms. The van der Waals surface area contributed by atoms with Crippen molar-refractivity contribution in [1.29, 1.82) is 0 Å². The lowest BCUT2D eigenvalue weighted by Crippen LogP contribution is -2.28. The Morgan fingerprint density at radius 3 is 2.73 bits per heavy atom. The first-order chi connectivity index (χ1) is 12.6. The zero-order chi connectivity index (χ0) is 18.4. The molecule has 0 aliphatic heterocycles. The van der Waals surface area contributed by atoms with Gasteiger partial charge in [0.25, 0.3) is 0 Å². The molecule has 7 nitrogen and oxygen atoms in total. The molecule has 1 amide bonds. The third-order valence-corrected chi connectivity index (χ3v) is 4.02. The van der Waals surface area contributed by atoms with Crippen molar-refractivity contribution in [1.82, 2.24) is 25.5 Å². The maximum Gasteiger partial charge on any atom is 0.242 e. The summed E-state index contributed by atoms with van der Waals surface area (Å²) in [5.74, 6) is 0.791. The van der Waals surface area contributed by atoms with E-state index in [1.165, 1.54) is 10.2 Å². The van der Waals surface area contributed by atoms with Crippen molar-refractivity contribution in [2.75, 3.05) is 0 Å². The summed E-state index contributed by atoms with van der Waals surface area (Å²) in [5, 5.41) is 14.7. The molecule has 0 bridgehead atoms. The monoisotopic (exact) mass is 371 g/mol. The zero-order valence-corrected chi connectivity index (χ0v) is 15.0. The first kappa shape index (κ1) is 17.9. The van der Waals surface area contributed by atoms with Crippen LogP contribution in [-0.2, 0) is 24.5 Å². The summed E-state index contributed by atoms with van der Waals surface area (Å²) >= 11 is 6.05. The van der Waals surface area contributed by atoms with E-state index in [2.05, 4.69) is 20.8 Å². The van der Waals surface area contributed by atoms with Gasteiger partial charge in [-0.2, -0.15) is 0 Å². The molecule has 0 radical (unpaired) electrons. The Kier molecular flexibility index (Phi) is 5.80. The maximum atomic E-state index is 12.1. The summed E-state index contributed by atoms with van der Waals surface area (Å²) in [7, 11) is 0. The minimum atomic E-state index is -0.183. The molecule has 134 valence electrons. The van der Waals surface area contributed by atoms with Gasteiger partial charge in [-0.25, -0.2) is 4.68 Å². The number of ether oxygens (including phenoxy) is 1. The molecular weight excluding hydrogens is 354 g/mol. The number of benzene rings is 2. The average Bonchev–Trinajstić information content (AvgIpc) is 3.07. The van der Waals surface area contributed by atoms with Crippen molar-refractivity contribution in [2.45, 2.75) is 26.6 Å². The first-order valence-corrected chi connectivity index (χ1v) is 8.44. The van der Waals surface area contributed by atoms with Crippen molar-refractivity contribution in [3.05, 3.63) is 70.5 Å². The predicted octanol–water partition coefficient (Wildman–Crippen LogP) is 2.53. The SMILES string of the molecule is Cc1ccc(CNC(=O)Cn2nnnc2COc2ccccc2Cl)cc1. The van der Waals surface area contributed by atoms with E-state index in [4.69, 9.17) is 16.3 Å². The van der Waals surface area contributed by atoms with Crippen molar-refractivity contribution < 1.29 is 9.53 Å². The predicted molar refractivity (Wildman–Crippen MR) is 96.6 cm³/mol. The van der Waals surface area contributed by atoms with Gasteiger partial charge in [0.15, 0.2) is 5.82 Å². The van der Waals surface area contributed by atoms with Crippen LogP contribution in [-0.4, -0.2) is 26.1 Å². The molecule has 3 aromatic rings. The summed E-state index contributed by atoms with van der Waals surface area (Å²) < 4.78 is 7.02. The minimum Gasteiger partial charge on any atom is -0.484 e. The number of aromatic nitrogens is 4. The average molecular weight is 372 g/mol. The van der Waals surface area contributed by atoms with E-state index in [0.29, 0.717) is 23.1 Å². The number of nitrogens with zero attached hydrogens (tertiary/aromatic N) is 4. The van der Waals surface area contributed by atoms with Crippen molar-refractivity contribution in [3.8, 4) is 5.75 Å². The van der Waals surface area contributed by atoms with Crippen LogP contribution in [0.3, 0.4) is 0 Å². The van der Waals surface area contributed by atoms with Crippen LogP contribution in [0, 0.1) is 6.92 Å². The molecule has 0 fully saturated rings. The molecule has 8 heteroatoms. The quantitative estimate of drug-likeness (QED) is 0.690. The second kappa shape index (κ2) is 8.44. The number of carbonyl (C=O) groups excluding carboxylic acids is 1. The molecule has 1 N–H and O–H groups in total. The first-order valence-electron chi connectivity index (χ1n) is 8.06. The van der Waals surface area contributed by atoms with Crippen LogP contribution in [0.15, 0.2) is 48.5 Å². The van der Waals surface area contributed by atoms with Gasteiger partial charge in [-0.3, -0.25) is 4.79 Å². The largest absolute Gasteiger partial charge is 0.484 e. The summed E-state index contributed by atoms with van der Waals surface area (Å²) in [5.41, 5.74) is 2.21. The molecule has 1 aromatic heterocycles.